The molecule has 32 heavy (non-hydrogen) atoms. The van der Waals surface area contributed by atoms with E-state index in [2.05, 4.69) is 81.6 Å². The molecule has 4 saturated heterocycles. The van der Waals surface area contributed by atoms with Crippen molar-refractivity contribution < 1.29 is 0 Å². The van der Waals surface area contributed by atoms with Crippen molar-refractivity contribution in [3.05, 3.63) is 11.6 Å². The molecular weight excluding hydrogens is 392 g/mol. The van der Waals surface area contributed by atoms with Gasteiger partial charge in [-0.3, -0.25) is 0 Å². The lowest BCUT2D eigenvalue weighted by Gasteiger charge is -2.34. The van der Waals surface area contributed by atoms with Crippen molar-refractivity contribution in [3.63, 3.8) is 0 Å². The number of likely N-dealkylation sites (tertiary alicyclic amines) is 2. The highest BCUT2D eigenvalue weighted by atomic mass is 15.2. The molecule has 188 valence electrons. The second kappa shape index (κ2) is 14.1. The molecule has 5 rings (SSSR count). The molecule has 0 aromatic heterocycles. The van der Waals surface area contributed by atoms with Crippen LogP contribution in [0.15, 0.2) is 11.6 Å². The van der Waals surface area contributed by atoms with Gasteiger partial charge in [-0.1, -0.05) is 25.5 Å². The first-order valence-corrected chi connectivity index (χ1v) is 13.6. The predicted molar refractivity (Wildman–Crippen MR) is 141 cm³/mol. The summed E-state index contributed by atoms with van der Waals surface area (Å²) in [5.74, 6) is 1.97. The minimum atomic E-state index is 0.866. The van der Waals surface area contributed by atoms with Crippen LogP contribution in [0.5, 0.6) is 0 Å². The summed E-state index contributed by atoms with van der Waals surface area (Å²) in [6.07, 6.45) is 13.6. The van der Waals surface area contributed by atoms with Crippen molar-refractivity contribution in [2.75, 3.05) is 60.9 Å². The fourth-order valence-electron chi connectivity index (χ4n) is 5.34. The lowest BCUT2D eigenvalue weighted by atomic mass is 9.93. The second-order valence-electron chi connectivity index (χ2n) is 11.8. The molecule has 3 atom stereocenters. The zero-order valence-corrected chi connectivity index (χ0v) is 22.9. The van der Waals surface area contributed by atoms with Gasteiger partial charge in [-0.2, -0.15) is 0 Å². The Balaban J connectivity index is 0.000000154. The normalized spacial score (nSPS) is 34.1. The quantitative estimate of drug-likeness (QED) is 0.472. The molecule has 0 spiro atoms. The SMILES string of the molecule is CC1=CCN(C)CC1.CC1CC2CCC(C1)N2C.CC1CCN(C)CC1.CC1CCN1C. The van der Waals surface area contributed by atoms with Gasteiger partial charge in [0.1, 0.15) is 0 Å². The van der Waals surface area contributed by atoms with Gasteiger partial charge in [-0.15, -0.1) is 0 Å². The largest absolute Gasteiger partial charge is 0.306 e. The van der Waals surface area contributed by atoms with Gasteiger partial charge in [-0.25, -0.2) is 0 Å². The molecule has 0 saturated carbocycles. The molecule has 5 aliphatic rings. The molecule has 5 aliphatic heterocycles. The Morgan fingerprint density at radius 1 is 0.688 bits per heavy atom. The van der Waals surface area contributed by atoms with Gasteiger partial charge in [0.15, 0.2) is 0 Å². The van der Waals surface area contributed by atoms with Gasteiger partial charge in [-0.05, 0) is 125 Å². The van der Waals surface area contributed by atoms with Crippen LogP contribution in [0, 0.1) is 11.8 Å². The van der Waals surface area contributed by atoms with E-state index in [0.717, 1.165) is 36.5 Å². The van der Waals surface area contributed by atoms with Gasteiger partial charge in [0.2, 0.25) is 0 Å². The summed E-state index contributed by atoms with van der Waals surface area (Å²) in [5, 5.41) is 0. The highest BCUT2D eigenvalue weighted by Gasteiger charge is 2.36. The number of nitrogens with zero attached hydrogens (tertiary/aromatic N) is 4. The third-order valence-corrected chi connectivity index (χ3v) is 8.63. The zero-order valence-electron chi connectivity index (χ0n) is 22.9. The van der Waals surface area contributed by atoms with E-state index >= 15 is 0 Å². The van der Waals surface area contributed by atoms with Crippen molar-refractivity contribution in [1.82, 2.24) is 19.6 Å². The van der Waals surface area contributed by atoms with E-state index in [4.69, 9.17) is 0 Å². The number of hydrogen-bond acceptors (Lipinski definition) is 4. The summed E-state index contributed by atoms with van der Waals surface area (Å²) < 4.78 is 0. The topological polar surface area (TPSA) is 13.0 Å². The number of likely N-dealkylation sites (N-methyl/N-ethyl adjacent to an activating group) is 1. The van der Waals surface area contributed by atoms with Gasteiger partial charge in [0.05, 0.1) is 0 Å². The third kappa shape index (κ3) is 9.83. The minimum Gasteiger partial charge on any atom is -0.306 e. The Morgan fingerprint density at radius 3 is 1.59 bits per heavy atom. The lowest BCUT2D eigenvalue weighted by molar-refractivity contribution is 0.142. The van der Waals surface area contributed by atoms with E-state index in [1.165, 1.54) is 77.5 Å². The van der Waals surface area contributed by atoms with Crippen LogP contribution in [0.3, 0.4) is 0 Å². The number of piperidine rings is 2. The molecule has 0 N–H and O–H groups in total. The summed E-state index contributed by atoms with van der Waals surface area (Å²) in [6, 6.07) is 2.74. The van der Waals surface area contributed by atoms with Crippen LogP contribution in [-0.2, 0) is 0 Å². The van der Waals surface area contributed by atoms with Crippen molar-refractivity contribution in [2.45, 2.75) is 97.2 Å². The van der Waals surface area contributed by atoms with Crippen LogP contribution in [0.4, 0.5) is 0 Å². The van der Waals surface area contributed by atoms with Crippen molar-refractivity contribution in [1.29, 1.82) is 0 Å². The standard InChI is InChI=1S/C9H17N.C7H15N.C7H13N.C5H11N/c1-7-5-8-3-4-9(6-7)10(8)2;2*1-7-3-5-8(2)6-4-7;1-5-3-4-6(5)2/h7-9H,3-6H2,1-2H3;7H,3-6H2,1-2H3;3H,4-6H2,1-2H3;5H,3-4H2,1-2H3. The average molecular weight is 449 g/mol. The molecule has 5 heterocycles. The highest BCUT2D eigenvalue weighted by Crippen LogP contribution is 2.36. The monoisotopic (exact) mass is 448 g/mol. The summed E-state index contributed by atoms with van der Waals surface area (Å²) in [4.78, 5) is 9.67. The predicted octanol–water partition coefficient (Wildman–Crippen LogP) is 5.21. The molecule has 3 unspecified atom stereocenters. The van der Waals surface area contributed by atoms with E-state index in [0.29, 0.717) is 0 Å². The van der Waals surface area contributed by atoms with Crippen LogP contribution < -0.4 is 0 Å². The Labute approximate surface area is 201 Å². The first-order valence-electron chi connectivity index (χ1n) is 13.6. The van der Waals surface area contributed by atoms with Crippen molar-refractivity contribution in [3.8, 4) is 0 Å². The molecule has 0 aromatic rings. The van der Waals surface area contributed by atoms with E-state index in [1.807, 2.05) is 0 Å². The molecule has 4 nitrogen and oxygen atoms in total. The maximum absolute atomic E-state index is 2.60. The van der Waals surface area contributed by atoms with Gasteiger partial charge in [0.25, 0.3) is 0 Å². The average Bonchev–Trinajstić information content (AvgIpc) is 2.98. The molecule has 0 radical (unpaired) electrons. The first kappa shape index (κ1) is 27.8. The fourth-order valence-corrected chi connectivity index (χ4v) is 5.34. The molecule has 0 aliphatic carbocycles. The van der Waals surface area contributed by atoms with Crippen LogP contribution in [-0.4, -0.2) is 98.6 Å². The van der Waals surface area contributed by atoms with Crippen LogP contribution >= 0.6 is 0 Å². The Kier molecular flexibility index (Phi) is 12.2. The van der Waals surface area contributed by atoms with Gasteiger partial charge in [0, 0.05) is 31.2 Å². The molecule has 2 bridgehead atoms. The molecule has 0 amide bonds. The van der Waals surface area contributed by atoms with Crippen LogP contribution in [0.2, 0.25) is 0 Å². The smallest absolute Gasteiger partial charge is 0.0162 e. The number of hydrogen-bond donors (Lipinski definition) is 0. The Bertz CT molecular complexity index is 508. The minimum absolute atomic E-state index is 0.866. The zero-order chi connectivity index (χ0) is 23.7. The number of fused-ring (bicyclic) bond motifs is 2. The molecule has 0 aromatic carbocycles. The highest BCUT2D eigenvalue weighted by molar-refractivity contribution is 5.03. The van der Waals surface area contributed by atoms with E-state index in [1.54, 1.807) is 5.57 Å². The Morgan fingerprint density at radius 2 is 1.25 bits per heavy atom. The first-order chi connectivity index (χ1) is 15.2. The summed E-state index contributed by atoms with van der Waals surface area (Å²) in [5.41, 5.74) is 1.54. The molecular formula is C28H56N4. The fraction of sp³-hybridized carbons (Fsp3) is 0.929. The van der Waals surface area contributed by atoms with E-state index < -0.39 is 0 Å². The maximum Gasteiger partial charge on any atom is 0.0162 e. The van der Waals surface area contributed by atoms with E-state index in [-0.39, 0.29) is 0 Å². The number of rotatable bonds is 0. The maximum atomic E-state index is 2.60. The summed E-state index contributed by atoms with van der Waals surface area (Å²) in [7, 11) is 8.82. The summed E-state index contributed by atoms with van der Waals surface area (Å²) in [6.45, 7) is 15.5. The van der Waals surface area contributed by atoms with Crippen molar-refractivity contribution >= 4 is 0 Å². The Hall–Kier alpha value is -0.420. The second-order valence-corrected chi connectivity index (χ2v) is 11.8. The molecule has 4 heteroatoms. The van der Waals surface area contributed by atoms with Gasteiger partial charge < -0.3 is 19.6 Å². The lowest BCUT2D eigenvalue weighted by Crippen LogP contribution is -2.41. The van der Waals surface area contributed by atoms with Gasteiger partial charge >= 0.3 is 0 Å². The van der Waals surface area contributed by atoms with Crippen LogP contribution in [0.25, 0.3) is 0 Å². The summed E-state index contributed by atoms with van der Waals surface area (Å²) >= 11 is 0. The van der Waals surface area contributed by atoms with Crippen LogP contribution in [0.1, 0.15) is 79.1 Å². The van der Waals surface area contributed by atoms with E-state index in [9.17, 15) is 0 Å². The molecule has 4 fully saturated rings. The third-order valence-electron chi connectivity index (χ3n) is 8.63. The van der Waals surface area contributed by atoms with Crippen molar-refractivity contribution in [2.24, 2.45) is 11.8 Å².